The van der Waals surface area contributed by atoms with Crippen LogP contribution in [-0.2, 0) is 22.1 Å². The molecule has 0 aliphatic carbocycles. The third kappa shape index (κ3) is 5.25. The van der Waals surface area contributed by atoms with Crippen LogP contribution in [0.3, 0.4) is 0 Å². The van der Waals surface area contributed by atoms with E-state index in [0.29, 0.717) is 49.4 Å². The van der Waals surface area contributed by atoms with Gasteiger partial charge < -0.3 is 23.9 Å². The Bertz CT molecular complexity index is 1230. The summed E-state index contributed by atoms with van der Waals surface area (Å²) in [5.41, 5.74) is 0.188. The van der Waals surface area contributed by atoms with E-state index in [2.05, 4.69) is 15.3 Å². The molecule has 3 aromatic rings. The maximum Gasteiger partial charge on any atom is 0.433 e. The van der Waals surface area contributed by atoms with E-state index in [1.54, 1.807) is 16.7 Å². The highest BCUT2D eigenvalue weighted by Gasteiger charge is 2.35. The van der Waals surface area contributed by atoms with Crippen molar-refractivity contribution in [3.8, 4) is 5.75 Å². The lowest BCUT2D eigenvalue weighted by molar-refractivity contribution is -0.141. The van der Waals surface area contributed by atoms with Crippen molar-refractivity contribution in [1.29, 1.82) is 0 Å². The Kier molecular flexibility index (Phi) is 6.14. The third-order valence-corrected chi connectivity index (χ3v) is 6.12. The monoisotopic (exact) mass is 490 g/mol. The van der Waals surface area contributed by atoms with Gasteiger partial charge in [-0.2, -0.15) is 13.2 Å². The summed E-state index contributed by atoms with van der Waals surface area (Å²) in [5.74, 6) is -0.00501. The first-order chi connectivity index (χ1) is 16.7. The SMILES string of the molecule is CC1(COc2cc3nc(C[C@H]4CCOC4)cn3cc2NC(=O)c2cccc(C(F)(F)F)n2)COC1. The highest BCUT2D eigenvalue weighted by Crippen LogP contribution is 2.33. The molecule has 2 fully saturated rings. The van der Waals surface area contributed by atoms with Crippen LogP contribution in [0.2, 0.25) is 0 Å². The van der Waals surface area contributed by atoms with Crippen molar-refractivity contribution < 1.29 is 32.2 Å². The molecule has 11 heteroatoms. The van der Waals surface area contributed by atoms with E-state index in [0.717, 1.165) is 37.3 Å². The van der Waals surface area contributed by atoms with Crippen LogP contribution in [0.25, 0.3) is 5.65 Å². The highest BCUT2D eigenvalue weighted by molar-refractivity contribution is 6.03. The van der Waals surface area contributed by atoms with Crippen molar-refractivity contribution in [2.24, 2.45) is 11.3 Å². The molecule has 0 bridgehead atoms. The lowest BCUT2D eigenvalue weighted by Gasteiger charge is -2.37. The van der Waals surface area contributed by atoms with Gasteiger partial charge >= 0.3 is 6.18 Å². The number of alkyl halides is 3. The van der Waals surface area contributed by atoms with Gasteiger partial charge in [0.15, 0.2) is 0 Å². The van der Waals surface area contributed by atoms with Crippen LogP contribution in [0, 0.1) is 11.3 Å². The zero-order valence-corrected chi connectivity index (χ0v) is 19.1. The normalized spacial score (nSPS) is 19.5. The number of hydrogen-bond acceptors (Lipinski definition) is 6. The zero-order chi connectivity index (χ0) is 24.6. The number of amides is 1. The number of ether oxygens (including phenoxy) is 3. The van der Waals surface area contributed by atoms with Crippen molar-refractivity contribution in [2.75, 3.05) is 38.4 Å². The van der Waals surface area contributed by atoms with E-state index < -0.39 is 17.8 Å². The van der Waals surface area contributed by atoms with E-state index in [-0.39, 0.29) is 11.1 Å². The van der Waals surface area contributed by atoms with Gasteiger partial charge in [-0.1, -0.05) is 13.0 Å². The number of halogens is 3. The molecule has 2 aliphatic rings. The predicted molar refractivity (Wildman–Crippen MR) is 119 cm³/mol. The number of nitrogens with zero attached hydrogens (tertiary/aromatic N) is 3. The lowest BCUT2D eigenvalue weighted by Crippen LogP contribution is -2.44. The Balaban J connectivity index is 1.43. The topological polar surface area (TPSA) is 87.0 Å². The summed E-state index contributed by atoms with van der Waals surface area (Å²) < 4.78 is 57.7. The second-order valence-electron chi connectivity index (χ2n) is 9.43. The summed E-state index contributed by atoms with van der Waals surface area (Å²) in [6.07, 6.45) is 0.618. The molecule has 0 aromatic carbocycles. The molecule has 1 amide bonds. The number of anilines is 1. The van der Waals surface area contributed by atoms with Gasteiger partial charge in [0, 0.05) is 37.1 Å². The van der Waals surface area contributed by atoms with E-state index in [1.807, 2.05) is 13.1 Å². The standard InChI is InChI=1S/C24H25F3N4O4/c1-23(12-34-13-23)14-35-19-8-21-28-16(7-15-5-6-33-11-15)9-31(21)10-18(19)30-22(32)17-3-2-4-20(29-17)24(25,26)27/h2-4,8-10,15H,5-7,11-14H2,1H3,(H,30,32)/t15-/m1/s1. The molecule has 35 heavy (non-hydrogen) atoms. The van der Waals surface area contributed by atoms with Crippen LogP contribution in [-0.4, -0.2) is 53.3 Å². The van der Waals surface area contributed by atoms with Gasteiger partial charge in [-0.15, -0.1) is 0 Å². The second-order valence-corrected chi connectivity index (χ2v) is 9.43. The Morgan fingerprint density at radius 3 is 2.77 bits per heavy atom. The average molecular weight is 490 g/mol. The Labute approximate surface area is 199 Å². The molecule has 5 rings (SSSR count). The molecule has 186 valence electrons. The maximum atomic E-state index is 13.1. The van der Waals surface area contributed by atoms with Gasteiger partial charge in [0.2, 0.25) is 0 Å². The molecule has 8 nitrogen and oxygen atoms in total. The number of pyridine rings is 2. The van der Waals surface area contributed by atoms with E-state index in [1.165, 1.54) is 6.07 Å². The van der Waals surface area contributed by atoms with Crippen LogP contribution in [0.15, 0.2) is 36.7 Å². The van der Waals surface area contributed by atoms with Gasteiger partial charge in [-0.25, -0.2) is 9.97 Å². The number of aromatic nitrogens is 3. The minimum absolute atomic E-state index is 0.154. The molecule has 2 saturated heterocycles. The molecule has 1 atom stereocenters. The van der Waals surface area contributed by atoms with E-state index >= 15 is 0 Å². The summed E-state index contributed by atoms with van der Waals surface area (Å²) in [4.78, 5) is 21.0. The first kappa shape index (κ1) is 23.6. The summed E-state index contributed by atoms with van der Waals surface area (Å²) in [6.45, 7) is 4.94. The van der Waals surface area contributed by atoms with Gasteiger partial charge in [0.25, 0.3) is 5.91 Å². The van der Waals surface area contributed by atoms with Crippen LogP contribution >= 0.6 is 0 Å². The first-order valence-electron chi connectivity index (χ1n) is 11.3. The minimum Gasteiger partial charge on any atom is -0.490 e. The fraction of sp³-hybridized carbons (Fsp3) is 0.458. The molecule has 2 aliphatic heterocycles. The number of rotatable bonds is 7. The van der Waals surface area contributed by atoms with Crippen LogP contribution in [0.5, 0.6) is 5.75 Å². The average Bonchev–Trinajstić information content (AvgIpc) is 3.45. The third-order valence-electron chi connectivity index (χ3n) is 6.12. The van der Waals surface area contributed by atoms with Crippen LogP contribution < -0.4 is 10.1 Å². The van der Waals surface area contributed by atoms with Crippen molar-refractivity contribution in [1.82, 2.24) is 14.4 Å². The maximum absolute atomic E-state index is 13.1. The van der Waals surface area contributed by atoms with Crippen LogP contribution in [0.4, 0.5) is 18.9 Å². The first-order valence-corrected chi connectivity index (χ1v) is 11.3. The second kappa shape index (κ2) is 9.12. The highest BCUT2D eigenvalue weighted by atomic mass is 19.4. The number of nitrogens with one attached hydrogen (secondary N) is 1. The van der Waals surface area contributed by atoms with Gasteiger partial charge in [0.1, 0.15) is 28.5 Å². The van der Waals surface area contributed by atoms with Crippen molar-refractivity contribution >= 4 is 17.2 Å². The number of carbonyl (C=O) groups is 1. The lowest BCUT2D eigenvalue weighted by atomic mass is 9.90. The van der Waals surface area contributed by atoms with Gasteiger partial charge in [-0.05, 0) is 30.9 Å². The predicted octanol–water partition coefficient (Wildman–Crippen LogP) is 3.99. The molecule has 0 saturated carbocycles. The molecule has 0 radical (unpaired) electrons. The zero-order valence-electron chi connectivity index (χ0n) is 19.1. The van der Waals surface area contributed by atoms with Crippen LogP contribution in [0.1, 0.15) is 35.2 Å². The van der Waals surface area contributed by atoms with Crippen molar-refractivity contribution in [3.05, 3.63) is 53.7 Å². The van der Waals surface area contributed by atoms with Gasteiger partial charge in [0.05, 0.1) is 25.5 Å². The summed E-state index contributed by atoms with van der Waals surface area (Å²) in [6, 6.07) is 4.92. The fourth-order valence-electron chi connectivity index (χ4n) is 4.11. The van der Waals surface area contributed by atoms with Crippen molar-refractivity contribution in [3.63, 3.8) is 0 Å². The molecule has 0 spiro atoms. The molecule has 0 unspecified atom stereocenters. The number of fused-ring (bicyclic) bond motifs is 1. The Morgan fingerprint density at radius 1 is 1.26 bits per heavy atom. The molecule has 1 N–H and O–H groups in total. The Hall–Kier alpha value is -3.18. The van der Waals surface area contributed by atoms with E-state index in [9.17, 15) is 18.0 Å². The number of imidazole rings is 1. The summed E-state index contributed by atoms with van der Waals surface area (Å²) in [7, 11) is 0. The van der Waals surface area contributed by atoms with Gasteiger partial charge in [-0.3, -0.25) is 4.79 Å². The smallest absolute Gasteiger partial charge is 0.433 e. The van der Waals surface area contributed by atoms with Crippen molar-refractivity contribution in [2.45, 2.75) is 25.9 Å². The minimum atomic E-state index is -4.65. The molecule has 3 aromatic heterocycles. The molecular formula is C24H25F3N4O4. The molecular weight excluding hydrogens is 465 g/mol. The molecule has 5 heterocycles. The quantitative estimate of drug-likeness (QED) is 0.539. The number of carbonyl (C=O) groups excluding carboxylic acids is 1. The number of hydrogen-bond donors (Lipinski definition) is 1. The fourth-order valence-corrected chi connectivity index (χ4v) is 4.11. The largest absolute Gasteiger partial charge is 0.490 e. The summed E-state index contributed by atoms with van der Waals surface area (Å²) >= 11 is 0. The summed E-state index contributed by atoms with van der Waals surface area (Å²) in [5, 5.41) is 2.66. The Morgan fingerprint density at radius 2 is 2.09 bits per heavy atom. The van der Waals surface area contributed by atoms with E-state index in [4.69, 9.17) is 14.2 Å².